The summed E-state index contributed by atoms with van der Waals surface area (Å²) < 4.78 is 0. The molecule has 240 valence electrons. The summed E-state index contributed by atoms with van der Waals surface area (Å²) in [6.07, 6.45) is 0. The highest BCUT2D eigenvalue weighted by Crippen LogP contribution is 2.39. The van der Waals surface area contributed by atoms with E-state index < -0.39 is 0 Å². The topological polar surface area (TPSA) is 3.24 Å². The van der Waals surface area contributed by atoms with Crippen molar-refractivity contribution in [3.8, 4) is 44.5 Å². The smallest absolute Gasteiger partial charge is 0.0467 e. The zero-order chi connectivity index (χ0) is 34.0. The van der Waals surface area contributed by atoms with Gasteiger partial charge in [0.2, 0.25) is 0 Å². The minimum absolute atomic E-state index is 1.11. The standard InChI is InChI=1S/C50H35N/c1-2-10-36(11-3-1)39-26-30-46(31-27-39)51(48-17-8-16-44(35-48)45-25-22-37-12-4-5-14-43(37)34-45)47-32-28-40(29-33-47)38-20-23-42(24-21-38)50-19-9-15-41-13-6-7-18-49(41)50/h1-35H. The molecular weight excluding hydrogens is 615 g/mol. The minimum Gasteiger partial charge on any atom is -0.310 e. The molecule has 0 fully saturated rings. The van der Waals surface area contributed by atoms with E-state index in [9.17, 15) is 0 Å². The van der Waals surface area contributed by atoms with E-state index in [0.29, 0.717) is 0 Å². The van der Waals surface area contributed by atoms with Crippen LogP contribution in [0.4, 0.5) is 17.1 Å². The molecule has 0 radical (unpaired) electrons. The van der Waals surface area contributed by atoms with Gasteiger partial charge in [0.1, 0.15) is 0 Å². The molecular formula is C50H35N. The first-order valence-electron chi connectivity index (χ1n) is 17.5. The lowest BCUT2D eigenvalue weighted by Crippen LogP contribution is -2.10. The molecule has 0 saturated carbocycles. The number of hydrogen-bond acceptors (Lipinski definition) is 1. The lowest BCUT2D eigenvalue weighted by Gasteiger charge is -2.26. The van der Waals surface area contributed by atoms with Crippen LogP contribution in [0, 0.1) is 0 Å². The molecule has 9 aromatic carbocycles. The molecule has 0 unspecified atom stereocenters. The summed E-state index contributed by atoms with van der Waals surface area (Å²) in [5.41, 5.74) is 13.0. The van der Waals surface area contributed by atoms with Crippen molar-refractivity contribution in [1.29, 1.82) is 0 Å². The van der Waals surface area contributed by atoms with Gasteiger partial charge < -0.3 is 4.90 Å². The first kappa shape index (κ1) is 30.4. The van der Waals surface area contributed by atoms with Gasteiger partial charge in [-0.15, -0.1) is 0 Å². The van der Waals surface area contributed by atoms with Crippen LogP contribution in [0.15, 0.2) is 212 Å². The summed E-state index contributed by atoms with van der Waals surface area (Å²) in [5, 5.41) is 5.03. The molecule has 51 heavy (non-hydrogen) atoms. The fraction of sp³-hybridized carbons (Fsp3) is 0. The number of anilines is 3. The maximum absolute atomic E-state index is 2.35. The zero-order valence-corrected chi connectivity index (χ0v) is 28.2. The Labute approximate surface area is 299 Å². The van der Waals surface area contributed by atoms with Gasteiger partial charge in [0.15, 0.2) is 0 Å². The normalized spacial score (nSPS) is 11.1. The second kappa shape index (κ2) is 13.3. The molecule has 9 aromatic rings. The van der Waals surface area contributed by atoms with Crippen molar-refractivity contribution >= 4 is 38.6 Å². The fourth-order valence-electron chi connectivity index (χ4n) is 7.20. The lowest BCUT2D eigenvalue weighted by atomic mass is 9.96. The predicted molar refractivity (Wildman–Crippen MR) is 218 cm³/mol. The average molecular weight is 650 g/mol. The summed E-state index contributed by atoms with van der Waals surface area (Å²) in [7, 11) is 0. The molecule has 0 aliphatic heterocycles. The summed E-state index contributed by atoms with van der Waals surface area (Å²) in [6.45, 7) is 0. The van der Waals surface area contributed by atoms with Crippen molar-refractivity contribution in [1.82, 2.24) is 0 Å². The number of benzene rings is 9. The molecule has 0 aromatic heterocycles. The van der Waals surface area contributed by atoms with Gasteiger partial charge in [0.25, 0.3) is 0 Å². The molecule has 9 rings (SSSR count). The Morgan fingerprint density at radius 2 is 0.706 bits per heavy atom. The number of hydrogen-bond donors (Lipinski definition) is 0. The van der Waals surface area contributed by atoms with Crippen molar-refractivity contribution in [2.75, 3.05) is 4.90 Å². The van der Waals surface area contributed by atoms with E-state index in [1.165, 1.54) is 66.1 Å². The molecule has 1 heteroatoms. The van der Waals surface area contributed by atoms with E-state index >= 15 is 0 Å². The highest BCUT2D eigenvalue weighted by Gasteiger charge is 2.15. The van der Waals surface area contributed by atoms with Gasteiger partial charge in [-0.3, -0.25) is 0 Å². The van der Waals surface area contributed by atoms with Crippen LogP contribution in [0.3, 0.4) is 0 Å². The Bertz CT molecular complexity index is 2600. The van der Waals surface area contributed by atoms with Crippen molar-refractivity contribution in [2.24, 2.45) is 0 Å². The SMILES string of the molecule is c1ccc(-c2ccc(N(c3ccc(-c4ccc(-c5cccc6ccccc56)cc4)cc3)c3cccc(-c4ccc5ccccc5c4)c3)cc2)cc1. The Hall–Kier alpha value is -6.70. The Kier molecular flexibility index (Phi) is 7.92. The fourth-order valence-corrected chi connectivity index (χ4v) is 7.20. The van der Waals surface area contributed by atoms with Crippen LogP contribution in [-0.4, -0.2) is 0 Å². The number of nitrogens with zero attached hydrogens (tertiary/aromatic N) is 1. The van der Waals surface area contributed by atoms with E-state index in [0.717, 1.165) is 17.1 Å². The molecule has 0 N–H and O–H groups in total. The first-order chi connectivity index (χ1) is 25.3. The predicted octanol–water partition coefficient (Wildman–Crippen LogP) is 14.1. The summed E-state index contributed by atoms with van der Waals surface area (Å²) >= 11 is 0. The maximum Gasteiger partial charge on any atom is 0.0467 e. The summed E-state index contributed by atoms with van der Waals surface area (Å²) in [5.74, 6) is 0. The molecule has 0 bridgehead atoms. The van der Waals surface area contributed by atoms with Crippen LogP contribution in [-0.2, 0) is 0 Å². The van der Waals surface area contributed by atoms with E-state index in [1.54, 1.807) is 0 Å². The van der Waals surface area contributed by atoms with Crippen LogP contribution in [0.25, 0.3) is 66.1 Å². The molecule has 0 aliphatic rings. The van der Waals surface area contributed by atoms with E-state index in [1.807, 2.05) is 0 Å². The Morgan fingerprint density at radius 3 is 1.41 bits per heavy atom. The van der Waals surface area contributed by atoms with Gasteiger partial charge in [-0.05, 0) is 109 Å². The number of fused-ring (bicyclic) bond motifs is 2. The van der Waals surface area contributed by atoms with Gasteiger partial charge in [0, 0.05) is 17.1 Å². The molecule has 0 amide bonds. The van der Waals surface area contributed by atoms with Gasteiger partial charge >= 0.3 is 0 Å². The monoisotopic (exact) mass is 649 g/mol. The summed E-state index contributed by atoms with van der Waals surface area (Å²) in [6, 6.07) is 76.6. The van der Waals surface area contributed by atoms with Gasteiger partial charge in [0.05, 0.1) is 0 Å². The highest BCUT2D eigenvalue weighted by atomic mass is 15.1. The third-order valence-electron chi connectivity index (χ3n) is 9.86. The lowest BCUT2D eigenvalue weighted by molar-refractivity contribution is 1.28. The summed E-state index contributed by atoms with van der Waals surface area (Å²) in [4.78, 5) is 2.35. The molecule has 0 heterocycles. The quantitative estimate of drug-likeness (QED) is 0.166. The van der Waals surface area contributed by atoms with Crippen LogP contribution in [0.1, 0.15) is 0 Å². The van der Waals surface area contributed by atoms with Crippen LogP contribution in [0.5, 0.6) is 0 Å². The Balaban J connectivity index is 1.07. The first-order valence-corrected chi connectivity index (χ1v) is 17.5. The van der Waals surface area contributed by atoms with Gasteiger partial charge in [-0.25, -0.2) is 0 Å². The van der Waals surface area contributed by atoms with Crippen molar-refractivity contribution in [3.63, 3.8) is 0 Å². The van der Waals surface area contributed by atoms with E-state index in [4.69, 9.17) is 0 Å². The third kappa shape index (κ3) is 6.07. The molecule has 0 aliphatic carbocycles. The number of rotatable bonds is 7. The molecule has 0 atom stereocenters. The van der Waals surface area contributed by atoms with Crippen LogP contribution >= 0.6 is 0 Å². The second-order valence-electron chi connectivity index (χ2n) is 13.0. The van der Waals surface area contributed by atoms with Crippen LogP contribution < -0.4 is 4.90 Å². The molecule has 0 saturated heterocycles. The minimum atomic E-state index is 1.11. The van der Waals surface area contributed by atoms with E-state index in [2.05, 4.69) is 217 Å². The average Bonchev–Trinajstić information content (AvgIpc) is 3.22. The van der Waals surface area contributed by atoms with Gasteiger partial charge in [-0.2, -0.15) is 0 Å². The maximum atomic E-state index is 2.35. The largest absolute Gasteiger partial charge is 0.310 e. The Morgan fingerprint density at radius 1 is 0.235 bits per heavy atom. The van der Waals surface area contributed by atoms with Crippen molar-refractivity contribution in [3.05, 3.63) is 212 Å². The van der Waals surface area contributed by atoms with Crippen molar-refractivity contribution < 1.29 is 0 Å². The zero-order valence-electron chi connectivity index (χ0n) is 28.2. The van der Waals surface area contributed by atoms with Gasteiger partial charge in [-0.1, -0.05) is 170 Å². The molecule has 1 nitrogen and oxygen atoms in total. The van der Waals surface area contributed by atoms with Crippen LogP contribution in [0.2, 0.25) is 0 Å². The van der Waals surface area contributed by atoms with E-state index in [-0.39, 0.29) is 0 Å². The molecule has 0 spiro atoms. The van der Waals surface area contributed by atoms with Crippen molar-refractivity contribution in [2.45, 2.75) is 0 Å². The second-order valence-corrected chi connectivity index (χ2v) is 13.0. The highest BCUT2D eigenvalue weighted by molar-refractivity contribution is 5.97. The third-order valence-corrected chi connectivity index (χ3v) is 9.86.